The van der Waals surface area contributed by atoms with Crippen molar-refractivity contribution in [3.63, 3.8) is 0 Å². The fraction of sp³-hybridized carbons (Fsp3) is 0.910. The molecule has 0 saturated carbocycles. The topological polar surface area (TPSA) is 95.9 Å². The quantitative estimate of drug-likeness (QED) is 0.0320. The van der Waals surface area contributed by atoms with Gasteiger partial charge in [0.15, 0.2) is 0 Å². The number of aliphatic hydroxyl groups excluding tert-OH is 2. The summed E-state index contributed by atoms with van der Waals surface area (Å²) in [7, 11) is 0. The van der Waals surface area contributed by atoms with Gasteiger partial charge in [-0.05, 0) is 57.8 Å². The zero-order valence-corrected chi connectivity index (χ0v) is 49.4. The molecule has 432 valence electrons. The maximum atomic E-state index is 12.5. The molecule has 73 heavy (non-hydrogen) atoms. The zero-order chi connectivity index (χ0) is 52.9. The maximum Gasteiger partial charge on any atom is 0.305 e. The predicted octanol–water partition coefficient (Wildman–Crippen LogP) is 21.0. The van der Waals surface area contributed by atoms with Crippen LogP contribution in [0.3, 0.4) is 0 Å². The summed E-state index contributed by atoms with van der Waals surface area (Å²) in [5.41, 5.74) is 0. The van der Waals surface area contributed by atoms with Crippen molar-refractivity contribution in [2.75, 3.05) is 13.2 Å². The van der Waals surface area contributed by atoms with E-state index in [4.69, 9.17) is 4.74 Å². The second kappa shape index (κ2) is 62.9. The Morgan fingerprint density at radius 1 is 0.370 bits per heavy atom. The summed E-state index contributed by atoms with van der Waals surface area (Å²) >= 11 is 0. The lowest BCUT2D eigenvalue weighted by molar-refractivity contribution is -0.143. The average molecular weight is 1030 g/mol. The van der Waals surface area contributed by atoms with Crippen LogP contribution in [0.4, 0.5) is 0 Å². The van der Waals surface area contributed by atoms with E-state index in [0.717, 1.165) is 44.9 Å². The highest BCUT2D eigenvalue weighted by atomic mass is 16.5. The molecule has 6 heteroatoms. The fourth-order valence-corrected chi connectivity index (χ4v) is 10.4. The molecule has 0 radical (unpaired) electrons. The zero-order valence-electron chi connectivity index (χ0n) is 49.4. The van der Waals surface area contributed by atoms with E-state index < -0.39 is 12.1 Å². The standard InChI is InChI=1S/C67H129NO5/c1-3-5-7-9-11-13-15-17-18-19-20-23-26-29-32-36-39-43-47-51-55-59-65(70)64(63-69)68-66(71)60-56-52-48-44-40-37-33-30-27-24-21-22-25-28-31-34-38-42-46-50-54-58-62-73-67(72)61-57-53-49-45-41-35-16-14-12-10-8-6-4-2/h24,27,55,59,64-65,69-70H,3-23,25-26,28-54,56-58,60-63H2,1-2H3,(H,68,71)/b27-24-,59-55+. The van der Waals surface area contributed by atoms with Crippen LogP contribution in [-0.4, -0.2) is 47.4 Å². The van der Waals surface area contributed by atoms with Crippen LogP contribution in [0.1, 0.15) is 367 Å². The number of aliphatic hydroxyl groups is 2. The van der Waals surface area contributed by atoms with Gasteiger partial charge in [-0.1, -0.05) is 321 Å². The number of rotatable bonds is 62. The molecule has 2 atom stereocenters. The van der Waals surface area contributed by atoms with Crippen molar-refractivity contribution in [2.24, 2.45) is 0 Å². The van der Waals surface area contributed by atoms with Crippen molar-refractivity contribution < 1.29 is 24.5 Å². The Labute approximate surface area is 456 Å². The first-order valence-corrected chi connectivity index (χ1v) is 33.1. The minimum Gasteiger partial charge on any atom is -0.466 e. The molecule has 0 rings (SSSR count). The van der Waals surface area contributed by atoms with Crippen LogP contribution in [0.15, 0.2) is 24.3 Å². The second-order valence-electron chi connectivity index (χ2n) is 22.8. The molecule has 3 N–H and O–H groups in total. The van der Waals surface area contributed by atoms with E-state index in [0.29, 0.717) is 19.4 Å². The number of hydrogen-bond acceptors (Lipinski definition) is 5. The molecular weight excluding hydrogens is 899 g/mol. The van der Waals surface area contributed by atoms with Gasteiger partial charge >= 0.3 is 5.97 Å². The minimum absolute atomic E-state index is 0.0115. The van der Waals surface area contributed by atoms with Gasteiger partial charge in [-0.2, -0.15) is 0 Å². The third-order valence-corrected chi connectivity index (χ3v) is 15.5. The lowest BCUT2D eigenvalue weighted by Crippen LogP contribution is -2.45. The molecule has 2 unspecified atom stereocenters. The maximum absolute atomic E-state index is 12.5. The summed E-state index contributed by atoms with van der Waals surface area (Å²) in [6, 6.07) is -0.634. The summed E-state index contributed by atoms with van der Waals surface area (Å²) in [5.74, 6) is -0.0599. The number of esters is 1. The van der Waals surface area contributed by atoms with E-state index in [1.165, 1.54) is 295 Å². The number of amides is 1. The van der Waals surface area contributed by atoms with Gasteiger partial charge in [0.25, 0.3) is 0 Å². The lowest BCUT2D eigenvalue weighted by atomic mass is 10.0. The number of carbonyl (C=O) groups excluding carboxylic acids is 2. The number of unbranched alkanes of at least 4 members (excludes halogenated alkanes) is 49. The van der Waals surface area contributed by atoms with E-state index in [9.17, 15) is 19.8 Å². The van der Waals surface area contributed by atoms with E-state index >= 15 is 0 Å². The summed E-state index contributed by atoms with van der Waals surface area (Å²) < 4.78 is 5.48. The molecule has 1 amide bonds. The molecule has 0 heterocycles. The third-order valence-electron chi connectivity index (χ3n) is 15.5. The van der Waals surface area contributed by atoms with Crippen molar-refractivity contribution in [3.8, 4) is 0 Å². The van der Waals surface area contributed by atoms with E-state index in [1.807, 2.05) is 6.08 Å². The smallest absolute Gasteiger partial charge is 0.305 e. The molecule has 0 aromatic rings. The molecular formula is C67H129NO5. The minimum atomic E-state index is -0.849. The summed E-state index contributed by atoms with van der Waals surface area (Å²) in [6.45, 7) is 4.93. The first-order chi connectivity index (χ1) is 36.0. The summed E-state index contributed by atoms with van der Waals surface area (Å²) in [5, 5.41) is 23.2. The fourth-order valence-electron chi connectivity index (χ4n) is 10.4. The first-order valence-electron chi connectivity index (χ1n) is 33.1. The normalized spacial score (nSPS) is 12.7. The molecule has 0 spiro atoms. The van der Waals surface area contributed by atoms with E-state index in [1.54, 1.807) is 6.08 Å². The molecule has 0 fully saturated rings. The van der Waals surface area contributed by atoms with Crippen LogP contribution >= 0.6 is 0 Å². The largest absolute Gasteiger partial charge is 0.466 e. The number of hydrogen-bond donors (Lipinski definition) is 3. The van der Waals surface area contributed by atoms with Gasteiger partial charge in [0.1, 0.15) is 0 Å². The van der Waals surface area contributed by atoms with Crippen LogP contribution < -0.4 is 5.32 Å². The first kappa shape index (κ1) is 71.3. The van der Waals surface area contributed by atoms with Gasteiger partial charge < -0.3 is 20.3 Å². The van der Waals surface area contributed by atoms with E-state index in [-0.39, 0.29) is 18.5 Å². The molecule has 0 aromatic carbocycles. The number of ether oxygens (including phenoxy) is 1. The van der Waals surface area contributed by atoms with Crippen LogP contribution in [0.2, 0.25) is 0 Å². The van der Waals surface area contributed by atoms with Gasteiger partial charge in [0.2, 0.25) is 5.91 Å². The van der Waals surface area contributed by atoms with Gasteiger partial charge in [-0.25, -0.2) is 0 Å². The van der Waals surface area contributed by atoms with Crippen LogP contribution in [0.5, 0.6) is 0 Å². The number of allylic oxidation sites excluding steroid dienone is 3. The molecule has 6 nitrogen and oxygen atoms in total. The summed E-state index contributed by atoms with van der Waals surface area (Å²) in [4.78, 5) is 24.5. The predicted molar refractivity (Wildman–Crippen MR) is 320 cm³/mol. The Hall–Kier alpha value is -1.66. The van der Waals surface area contributed by atoms with Crippen LogP contribution in [0.25, 0.3) is 0 Å². The van der Waals surface area contributed by atoms with Crippen molar-refractivity contribution in [2.45, 2.75) is 379 Å². The van der Waals surface area contributed by atoms with Gasteiger partial charge in [-0.15, -0.1) is 0 Å². The van der Waals surface area contributed by atoms with E-state index in [2.05, 4.69) is 31.3 Å². The molecule has 0 aliphatic rings. The Bertz CT molecular complexity index is 1140. The molecule has 0 aliphatic heterocycles. The third kappa shape index (κ3) is 59.4. The van der Waals surface area contributed by atoms with Gasteiger partial charge in [0.05, 0.1) is 25.4 Å². The Morgan fingerprint density at radius 3 is 0.973 bits per heavy atom. The SMILES string of the molecule is CCCCCCCCCCCCCCCCCCCCC/C=C/C(O)C(CO)NC(=O)CCCCCCCCC/C=C\CCCCCCCCCCCCCOC(=O)CCCCCCCCCCCCCCC. The highest BCUT2D eigenvalue weighted by molar-refractivity contribution is 5.76. The molecule has 0 bridgehead atoms. The van der Waals surface area contributed by atoms with Crippen LogP contribution in [-0.2, 0) is 14.3 Å². The Morgan fingerprint density at radius 2 is 0.644 bits per heavy atom. The molecule has 0 aromatic heterocycles. The Kier molecular flexibility index (Phi) is 61.4. The monoisotopic (exact) mass is 1030 g/mol. The number of carbonyl (C=O) groups is 2. The van der Waals surface area contributed by atoms with Gasteiger partial charge in [0, 0.05) is 12.8 Å². The number of nitrogens with one attached hydrogen (secondary N) is 1. The van der Waals surface area contributed by atoms with Crippen molar-refractivity contribution in [1.29, 1.82) is 0 Å². The average Bonchev–Trinajstić information content (AvgIpc) is 3.39. The second-order valence-corrected chi connectivity index (χ2v) is 22.8. The van der Waals surface area contributed by atoms with Crippen LogP contribution in [0, 0.1) is 0 Å². The van der Waals surface area contributed by atoms with Gasteiger partial charge in [-0.3, -0.25) is 9.59 Å². The molecule has 0 saturated heterocycles. The highest BCUT2D eigenvalue weighted by Crippen LogP contribution is 2.18. The van der Waals surface area contributed by atoms with Crippen molar-refractivity contribution in [3.05, 3.63) is 24.3 Å². The summed E-state index contributed by atoms with van der Waals surface area (Å²) in [6.07, 6.45) is 78.0. The van der Waals surface area contributed by atoms with Crippen molar-refractivity contribution in [1.82, 2.24) is 5.32 Å². The highest BCUT2D eigenvalue weighted by Gasteiger charge is 2.18. The van der Waals surface area contributed by atoms with Crippen molar-refractivity contribution >= 4 is 11.9 Å². The Balaban J connectivity index is 3.44. The lowest BCUT2D eigenvalue weighted by Gasteiger charge is -2.20. The molecule has 0 aliphatic carbocycles.